The van der Waals surface area contributed by atoms with E-state index in [9.17, 15) is 22.4 Å². The number of halogens is 1. The quantitative estimate of drug-likeness (QED) is 0.319. The first kappa shape index (κ1) is 31.6. The molecule has 0 spiro atoms. The average Bonchev–Trinajstić information content (AvgIpc) is 2.92. The number of hydrogen-bond donors (Lipinski definition) is 1. The highest BCUT2D eigenvalue weighted by molar-refractivity contribution is 7.92. The van der Waals surface area contributed by atoms with Crippen molar-refractivity contribution in [2.24, 2.45) is 0 Å². The molecule has 0 aliphatic rings. The summed E-state index contributed by atoms with van der Waals surface area (Å²) in [6, 6.07) is 19.1. The molecular weight excluding hydrogens is 545 g/mol. The Labute approximate surface area is 242 Å². The molecule has 0 aliphatic carbocycles. The lowest BCUT2D eigenvalue weighted by atomic mass is 10.1. The Morgan fingerprint density at radius 2 is 1.54 bits per heavy atom. The molecule has 0 saturated heterocycles. The highest BCUT2D eigenvalue weighted by Crippen LogP contribution is 2.27. The fourth-order valence-electron chi connectivity index (χ4n) is 4.29. The third-order valence-corrected chi connectivity index (χ3v) is 7.98. The topological polar surface area (TPSA) is 96.0 Å². The molecule has 0 saturated carbocycles. The summed E-state index contributed by atoms with van der Waals surface area (Å²) >= 11 is 0. The van der Waals surface area contributed by atoms with E-state index in [2.05, 4.69) is 5.32 Å². The van der Waals surface area contributed by atoms with Gasteiger partial charge in [-0.2, -0.15) is 0 Å². The van der Waals surface area contributed by atoms with Crippen LogP contribution in [0, 0.1) is 5.82 Å². The van der Waals surface area contributed by atoms with Gasteiger partial charge in [-0.05, 0) is 88.2 Å². The Balaban J connectivity index is 2.06. The van der Waals surface area contributed by atoms with Crippen LogP contribution in [-0.4, -0.2) is 49.9 Å². The number of carbonyl (C=O) groups is 2. The highest BCUT2D eigenvalue weighted by atomic mass is 32.2. The smallest absolute Gasteiger partial charge is 0.264 e. The fourth-order valence-corrected chi connectivity index (χ4v) is 5.70. The maximum absolute atomic E-state index is 14.1. The van der Waals surface area contributed by atoms with Gasteiger partial charge in [-0.15, -0.1) is 0 Å². The van der Waals surface area contributed by atoms with Crippen LogP contribution in [0.1, 0.15) is 46.6 Å². The van der Waals surface area contributed by atoms with Crippen molar-refractivity contribution < 1.29 is 27.1 Å². The summed E-state index contributed by atoms with van der Waals surface area (Å²) in [6.45, 7) is 9.14. The zero-order chi connectivity index (χ0) is 30.2. The monoisotopic (exact) mass is 583 g/mol. The van der Waals surface area contributed by atoms with Crippen LogP contribution in [0.4, 0.5) is 10.1 Å². The van der Waals surface area contributed by atoms with Crippen molar-refractivity contribution in [3.63, 3.8) is 0 Å². The van der Waals surface area contributed by atoms with E-state index in [-0.39, 0.29) is 23.0 Å². The maximum atomic E-state index is 14.1. The number of benzene rings is 3. The van der Waals surface area contributed by atoms with Crippen LogP contribution < -0.4 is 14.4 Å². The first-order chi connectivity index (χ1) is 19.4. The minimum atomic E-state index is -4.30. The van der Waals surface area contributed by atoms with Crippen LogP contribution in [0.2, 0.25) is 0 Å². The first-order valence-electron chi connectivity index (χ1n) is 13.5. The van der Waals surface area contributed by atoms with Crippen LogP contribution in [0.15, 0.2) is 83.8 Å². The van der Waals surface area contributed by atoms with Gasteiger partial charge in [0.05, 0.1) is 17.2 Å². The molecule has 41 heavy (non-hydrogen) atoms. The number of nitrogens with zero attached hydrogens (tertiary/aromatic N) is 2. The van der Waals surface area contributed by atoms with Gasteiger partial charge in [-0.25, -0.2) is 12.8 Å². The molecule has 0 radical (unpaired) electrons. The Bertz CT molecular complexity index is 1410. The fraction of sp³-hybridized carbons (Fsp3) is 0.355. The Kier molecular flexibility index (Phi) is 10.5. The minimum absolute atomic E-state index is 0.101. The molecule has 1 unspecified atom stereocenters. The van der Waals surface area contributed by atoms with Gasteiger partial charge in [-0.3, -0.25) is 13.9 Å². The number of rotatable bonds is 12. The molecule has 1 N–H and O–H groups in total. The second kappa shape index (κ2) is 13.6. The third kappa shape index (κ3) is 8.53. The van der Waals surface area contributed by atoms with Crippen molar-refractivity contribution in [3.05, 3.63) is 90.2 Å². The maximum Gasteiger partial charge on any atom is 0.264 e. The molecule has 2 amide bonds. The van der Waals surface area contributed by atoms with E-state index >= 15 is 0 Å². The van der Waals surface area contributed by atoms with Gasteiger partial charge in [0.2, 0.25) is 11.8 Å². The highest BCUT2D eigenvalue weighted by Gasteiger charge is 2.34. The van der Waals surface area contributed by atoms with Crippen LogP contribution in [0.5, 0.6) is 5.75 Å². The van der Waals surface area contributed by atoms with E-state index in [1.807, 2.05) is 58.0 Å². The number of ether oxygens (including phenoxy) is 1. The van der Waals surface area contributed by atoms with Gasteiger partial charge in [0, 0.05) is 12.1 Å². The Hall–Kier alpha value is -3.92. The number of sulfonamides is 1. The summed E-state index contributed by atoms with van der Waals surface area (Å²) in [6.07, 6.45) is 0.314. The lowest BCUT2D eigenvalue weighted by Crippen LogP contribution is -2.55. The van der Waals surface area contributed by atoms with Gasteiger partial charge < -0.3 is 15.0 Å². The van der Waals surface area contributed by atoms with Gasteiger partial charge in [-0.1, -0.05) is 37.3 Å². The number of hydrogen-bond acceptors (Lipinski definition) is 5. The number of amides is 2. The standard InChI is InChI=1S/C31H38FN3O5S/c1-6-28(30(37)33-31(3,4)5)34(21-23-11-9-8-10-12-23)29(36)22-35(25-15-17-26(18-16-25)40-7-2)41(38,39)27-19-13-24(32)14-20-27/h8-20,28H,6-7,21-22H2,1-5H3,(H,33,37). The molecule has 0 aliphatic heterocycles. The molecule has 0 fully saturated rings. The van der Waals surface area contributed by atoms with Crippen LogP contribution in [0.25, 0.3) is 0 Å². The molecule has 10 heteroatoms. The lowest BCUT2D eigenvalue weighted by Gasteiger charge is -2.34. The lowest BCUT2D eigenvalue weighted by molar-refractivity contribution is -0.141. The Morgan fingerprint density at radius 3 is 2.07 bits per heavy atom. The van der Waals surface area contributed by atoms with E-state index in [1.54, 1.807) is 31.2 Å². The van der Waals surface area contributed by atoms with Crippen molar-refractivity contribution in [2.45, 2.75) is 64.1 Å². The normalized spacial score (nSPS) is 12.3. The summed E-state index contributed by atoms with van der Waals surface area (Å²) in [5.74, 6) is -0.947. The molecule has 1 atom stereocenters. The van der Waals surface area contributed by atoms with Gasteiger partial charge in [0.15, 0.2) is 0 Å². The molecule has 3 aromatic carbocycles. The summed E-state index contributed by atoms with van der Waals surface area (Å²) < 4.78 is 47.8. The predicted molar refractivity (Wildman–Crippen MR) is 158 cm³/mol. The molecular formula is C31H38FN3O5S. The van der Waals surface area contributed by atoms with E-state index in [0.717, 1.165) is 34.1 Å². The second-order valence-electron chi connectivity index (χ2n) is 10.6. The summed E-state index contributed by atoms with van der Waals surface area (Å²) in [7, 11) is -4.30. The molecule has 0 heterocycles. The molecule has 3 aromatic rings. The minimum Gasteiger partial charge on any atom is -0.494 e. The molecule has 0 aromatic heterocycles. The average molecular weight is 584 g/mol. The first-order valence-corrected chi connectivity index (χ1v) is 15.0. The molecule has 8 nitrogen and oxygen atoms in total. The largest absolute Gasteiger partial charge is 0.494 e. The number of nitrogens with one attached hydrogen (secondary N) is 1. The second-order valence-corrected chi connectivity index (χ2v) is 12.4. The van der Waals surface area contributed by atoms with Crippen LogP contribution >= 0.6 is 0 Å². The molecule has 220 valence electrons. The van der Waals surface area contributed by atoms with Gasteiger partial charge >= 0.3 is 0 Å². The summed E-state index contributed by atoms with van der Waals surface area (Å²) in [5, 5.41) is 2.94. The van der Waals surface area contributed by atoms with Gasteiger partial charge in [0.1, 0.15) is 24.2 Å². The van der Waals surface area contributed by atoms with Crippen molar-refractivity contribution in [1.29, 1.82) is 0 Å². The van der Waals surface area contributed by atoms with E-state index in [1.165, 1.54) is 4.90 Å². The van der Waals surface area contributed by atoms with E-state index < -0.39 is 39.9 Å². The number of carbonyl (C=O) groups excluding carboxylic acids is 2. The molecule has 3 rings (SSSR count). The Morgan fingerprint density at radius 1 is 0.927 bits per heavy atom. The van der Waals surface area contributed by atoms with Crippen molar-refractivity contribution in [1.82, 2.24) is 10.2 Å². The summed E-state index contributed by atoms with van der Waals surface area (Å²) in [4.78, 5) is 28.6. The van der Waals surface area contributed by atoms with Crippen LogP contribution in [0.3, 0.4) is 0 Å². The predicted octanol–water partition coefficient (Wildman–Crippen LogP) is 5.14. The zero-order valence-electron chi connectivity index (χ0n) is 24.1. The van der Waals surface area contributed by atoms with Gasteiger partial charge in [0.25, 0.3) is 10.0 Å². The van der Waals surface area contributed by atoms with Crippen molar-refractivity contribution in [2.75, 3.05) is 17.5 Å². The van der Waals surface area contributed by atoms with Crippen molar-refractivity contribution in [3.8, 4) is 5.75 Å². The SMILES string of the molecule is CCOc1ccc(N(CC(=O)N(Cc2ccccc2)C(CC)C(=O)NC(C)(C)C)S(=O)(=O)c2ccc(F)cc2)cc1. The van der Waals surface area contributed by atoms with Crippen molar-refractivity contribution >= 4 is 27.5 Å². The number of anilines is 1. The van der Waals surface area contributed by atoms with E-state index in [0.29, 0.717) is 18.8 Å². The summed E-state index contributed by atoms with van der Waals surface area (Å²) in [5.41, 5.74) is 0.474. The van der Waals surface area contributed by atoms with Crippen LogP contribution in [-0.2, 0) is 26.2 Å². The van der Waals surface area contributed by atoms with E-state index in [4.69, 9.17) is 4.74 Å². The third-order valence-electron chi connectivity index (χ3n) is 6.20. The molecule has 0 bridgehead atoms. The zero-order valence-corrected chi connectivity index (χ0v) is 24.9.